The van der Waals surface area contributed by atoms with Crippen molar-refractivity contribution in [1.82, 2.24) is 4.90 Å². The Morgan fingerprint density at radius 2 is 2.22 bits per heavy atom. The summed E-state index contributed by atoms with van der Waals surface area (Å²) in [6.45, 7) is 7.41. The van der Waals surface area contributed by atoms with Gasteiger partial charge in [-0.3, -0.25) is 9.69 Å². The van der Waals surface area contributed by atoms with Gasteiger partial charge in [0.05, 0.1) is 6.54 Å². The fourth-order valence-electron chi connectivity index (χ4n) is 3.35. The first-order valence-corrected chi connectivity index (χ1v) is 8.44. The molecule has 1 aromatic rings. The van der Waals surface area contributed by atoms with Gasteiger partial charge in [-0.25, -0.2) is 0 Å². The molecule has 1 unspecified atom stereocenters. The summed E-state index contributed by atoms with van der Waals surface area (Å²) in [4.78, 5) is 14.7. The molecule has 23 heavy (non-hydrogen) atoms. The first-order chi connectivity index (χ1) is 10.6. The van der Waals surface area contributed by atoms with Gasteiger partial charge < -0.3 is 11.1 Å². The third kappa shape index (κ3) is 5.79. The number of amides is 1. The van der Waals surface area contributed by atoms with Crippen LogP contribution in [0.5, 0.6) is 0 Å². The molecule has 0 aliphatic carbocycles. The Balaban J connectivity index is 0.00000264. The molecule has 1 atom stereocenters. The van der Waals surface area contributed by atoms with Gasteiger partial charge in [-0.05, 0) is 62.7 Å². The van der Waals surface area contributed by atoms with E-state index in [9.17, 15) is 4.79 Å². The van der Waals surface area contributed by atoms with Crippen LogP contribution in [0.25, 0.3) is 0 Å². The number of piperidine rings is 1. The Labute approximate surface area is 146 Å². The molecule has 5 heteroatoms. The molecule has 1 aliphatic rings. The second-order valence-electron chi connectivity index (χ2n) is 6.33. The molecule has 0 radical (unpaired) electrons. The zero-order chi connectivity index (χ0) is 15.9. The van der Waals surface area contributed by atoms with E-state index in [-0.39, 0.29) is 18.3 Å². The normalized spacial score (nSPS) is 18.3. The Morgan fingerprint density at radius 1 is 1.43 bits per heavy atom. The van der Waals surface area contributed by atoms with Crippen molar-refractivity contribution in [2.24, 2.45) is 11.7 Å². The van der Waals surface area contributed by atoms with Crippen molar-refractivity contribution < 1.29 is 4.79 Å². The minimum atomic E-state index is 0. The van der Waals surface area contributed by atoms with Crippen molar-refractivity contribution in [2.75, 3.05) is 31.5 Å². The Bertz CT molecular complexity index is 505. The summed E-state index contributed by atoms with van der Waals surface area (Å²) >= 11 is 0. The molecule has 1 amide bonds. The molecule has 0 bridgehead atoms. The highest BCUT2D eigenvalue weighted by atomic mass is 35.5. The van der Waals surface area contributed by atoms with Gasteiger partial charge in [-0.1, -0.05) is 25.1 Å². The highest BCUT2D eigenvalue weighted by Gasteiger charge is 2.21. The number of halogens is 1. The fourth-order valence-corrected chi connectivity index (χ4v) is 3.35. The molecule has 2 rings (SSSR count). The molecule has 1 fully saturated rings. The molecule has 0 saturated carbocycles. The highest BCUT2D eigenvalue weighted by Crippen LogP contribution is 2.22. The number of nitrogens with one attached hydrogen (secondary N) is 1. The number of likely N-dealkylation sites (tertiary alicyclic amines) is 1. The topological polar surface area (TPSA) is 58.4 Å². The molecule has 1 saturated heterocycles. The van der Waals surface area contributed by atoms with Crippen LogP contribution in [0.1, 0.15) is 37.3 Å². The Kier molecular flexibility index (Phi) is 8.59. The van der Waals surface area contributed by atoms with E-state index in [0.717, 1.165) is 43.7 Å². The van der Waals surface area contributed by atoms with Crippen molar-refractivity contribution in [3.8, 4) is 0 Å². The minimum Gasteiger partial charge on any atom is -0.330 e. The largest absolute Gasteiger partial charge is 0.330 e. The summed E-state index contributed by atoms with van der Waals surface area (Å²) < 4.78 is 0. The number of nitrogens with zero attached hydrogens (tertiary/aromatic N) is 1. The second-order valence-corrected chi connectivity index (χ2v) is 6.33. The number of carbonyl (C=O) groups is 1. The zero-order valence-corrected chi connectivity index (χ0v) is 15.1. The lowest BCUT2D eigenvalue weighted by Crippen LogP contribution is -2.41. The first kappa shape index (κ1) is 19.9. The van der Waals surface area contributed by atoms with Gasteiger partial charge in [0.15, 0.2) is 0 Å². The molecule has 0 aromatic heterocycles. The summed E-state index contributed by atoms with van der Waals surface area (Å²) in [6.07, 6.45) is 4.41. The van der Waals surface area contributed by atoms with Crippen molar-refractivity contribution in [1.29, 1.82) is 0 Å². The number of para-hydroxylation sites is 1. The standard InChI is InChI=1S/C18H29N3O.ClH/c1-3-16-8-4-6-14(2)18(16)20-17(22)13-21-11-5-7-15(12-21)9-10-19;/h4,6,8,15H,3,5,7,9-13,19H2,1-2H3,(H,20,22);1H. The van der Waals surface area contributed by atoms with Crippen LogP contribution >= 0.6 is 12.4 Å². The first-order valence-electron chi connectivity index (χ1n) is 8.44. The smallest absolute Gasteiger partial charge is 0.238 e. The Hall–Kier alpha value is -1.10. The van der Waals surface area contributed by atoms with Gasteiger partial charge in [0.1, 0.15) is 0 Å². The molecule has 0 spiro atoms. The Morgan fingerprint density at radius 3 is 2.91 bits per heavy atom. The molecule has 1 heterocycles. The number of benzene rings is 1. The van der Waals surface area contributed by atoms with Crippen LogP contribution in [-0.4, -0.2) is 37.0 Å². The van der Waals surface area contributed by atoms with E-state index in [2.05, 4.69) is 23.2 Å². The second kappa shape index (κ2) is 9.91. The van der Waals surface area contributed by atoms with E-state index in [0.29, 0.717) is 12.5 Å². The van der Waals surface area contributed by atoms with E-state index >= 15 is 0 Å². The number of carbonyl (C=O) groups excluding carboxylic acids is 1. The van der Waals surface area contributed by atoms with Crippen LogP contribution in [0.3, 0.4) is 0 Å². The third-order valence-corrected chi connectivity index (χ3v) is 4.55. The number of hydrogen-bond acceptors (Lipinski definition) is 3. The SMILES string of the molecule is CCc1cccc(C)c1NC(=O)CN1CCCC(CCN)C1.Cl. The predicted octanol–water partition coefficient (Wildman–Crippen LogP) is 2.98. The molecular weight excluding hydrogens is 310 g/mol. The van der Waals surface area contributed by atoms with Gasteiger partial charge >= 0.3 is 0 Å². The molecule has 130 valence electrons. The van der Waals surface area contributed by atoms with Crippen molar-refractivity contribution in [3.63, 3.8) is 0 Å². The van der Waals surface area contributed by atoms with Gasteiger partial charge in [0, 0.05) is 12.2 Å². The summed E-state index contributed by atoms with van der Waals surface area (Å²) in [7, 11) is 0. The van der Waals surface area contributed by atoms with Crippen LogP contribution in [0, 0.1) is 12.8 Å². The predicted molar refractivity (Wildman–Crippen MR) is 99.3 cm³/mol. The van der Waals surface area contributed by atoms with Crippen LogP contribution in [0.2, 0.25) is 0 Å². The summed E-state index contributed by atoms with van der Waals surface area (Å²) in [5.41, 5.74) is 8.98. The third-order valence-electron chi connectivity index (χ3n) is 4.55. The number of anilines is 1. The average molecular weight is 340 g/mol. The number of aryl methyl sites for hydroxylation is 2. The van der Waals surface area contributed by atoms with E-state index < -0.39 is 0 Å². The molecule has 1 aliphatic heterocycles. The monoisotopic (exact) mass is 339 g/mol. The van der Waals surface area contributed by atoms with Crippen LogP contribution in [0.15, 0.2) is 18.2 Å². The number of nitrogens with two attached hydrogens (primary N) is 1. The highest BCUT2D eigenvalue weighted by molar-refractivity contribution is 5.93. The van der Waals surface area contributed by atoms with Crippen molar-refractivity contribution in [3.05, 3.63) is 29.3 Å². The van der Waals surface area contributed by atoms with E-state index in [1.165, 1.54) is 18.4 Å². The number of hydrogen-bond donors (Lipinski definition) is 2. The maximum Gasteiger partial charge on any atom is 0.238 e. The van der Waals surface area contributed by atoms with Crippen LogP contribution in [0.4, 0.5) is 5.69 Å². The van der Waals surface area contributed by atoms with Gasteiger partial charge in [-0.15, -0.1) is 12.4 Å². The minimum absolute atomic E-state index is 0. The van der Waals surface area contributed by atoms with E-state index in [4.69, 9.17) is 5.73 Å². The molecule has 3 N–H and O–H groups in total. The van der Waals surface area contributed by atoms with Crippen molar-refractivity contribution in [2.45, 2.75) is 39.5 Å². The van der Waals surface area contributed by atoms with Gasteiger partial charge in [0.25, 0.3) is 0 Å². The zero-order valence-electron chi connectivity index (χ0n) is 14.3. The molecule has 1 aromatic carbocycles. The van der Waals surface area contributed by atoms with Crippen LogP contribution in [-0.2, 0) is 11.2 Å². The van der Waals surface area contributed by atoms with Crippen LogP contribution < -0.4 is 11.1 Å². The average Bonchev–Trinajstić information content (AvgIpc) is 2.50. The fraction of sp³-hybridized carbons (Fsp3) is 0.611. The quantitative estimate of drug-likeness (QED) is 0.837. The van der Waals surface area contributed by atoms with Crippen molar-refractivity contribution >= 4 is 24.0 Å². The lowest BCUT2D eigenvalue weighted by Gasteiger charge is -2.32. The summed E-state index contributed by atoms with van der Waals surface area (Å²) in [5.74, 6) is 0.744. The lowest BCUT2D eigenvalue weighted by molar-refractivity contribution is -0.117. The summed E-state index contributed by atoms with van der Waals surface area (Å²) in [5, 5.41) is 3.12. The number of rotatable bonds is 6. The van der Waals surface area contributed by atoms with E-state index in [1.807, 2.05) is 19.1 Å². The maximum absolute atomic E-state index is 12.4. The summed E-state index contributed by atoms with van der Waals surface area (Å²) in [6, 6.07) is 6.18. The maximum atomic E-state index is 12.4. The lowest BCUT2D eigenvalue weighted by atomic mass is 9.95. The molecular formula is C18H30ClN3O. The molecule has 4 nitrogen and oxygen atoms in total. The van der Waals surface area contributed by atoms with E-state index in [1.54, 1.807) is 0 Å². The van der Waals surface area contributed by atoms with Gasteiger partial charge in [0.2, 0.25) is 5.91 Å². The van der Waals surface area contributed by atoms with Gasteiger partial charge in [-0.2, -0.15) is 0 Å².